The first-order valence-corrected chi connectivity index (χ1v) is 2.76. The molecule has 0 aliphatic heterocycles. The van der Waals surface area contributed by atoms with Crippen LogP contribution in [-0.2, 0) is 0 Å². The molecule has 0 saturated carbocycles. The Labute approximate surface area is 56.2 Å². The molecule has 0 heterocycles. The van der Waals surface area contributed by atoms with Crippen LogP contribution in [0.15, 0.2) is 30.6 Å². The van der Waals surface area contributed by atoms with Gasteiger partial charge in [-0.05, 0) is 6.20 Å². The molecular formula is C7H12N2. The Balaban J connectivity index is 3.36. The smallest absolute Gasteiger partial charge is 0.0523 e. The summed E-state index contributed by atoms with van der Waals surface area (Å²) in [6.45, 7) is 7.81. The average Bonchev–Trinajstić information content (AvgIpc) is 1.89. The van der Waals surface area contributed by atoms with Crippen molar-refractivity contribution in [2.24, 2.45) is 4.99 Å². The van der Waals surface area contributed by atoms with E-state index < -0.39 is 0 Å². The van der Waals surface area contributed by atoms with E-state index in [9.17, 15) is 0 Å². The van der Waals surface area contributed by atoms with Crippen molar-refractivity contribution in [3.8, 4) is 0 Å². The van der Waals surface area contributed by atoms with Crippen molar-refractivity contribution in [2.75, 3.05) is 13.6 Å². The lowest BCUT2D eigenvalue weighted by Gasteiger charge is -2.07. The molecule has 0 aliphatic rings. The topological polar surface area (TPSA) is 15.6 Å². The summed E-state index contributed by atoms with van der Waals surface area (Å²) in [6.07, 6.45) is 5.03. The van der Waals surface area contributed by atoms with Crippen LogP contribution in [0.25, 0.3) is 0 Å². The Bertz CT molecular complexity index is 116. The summed E-state index contributed by atoms with van der Waals surface area (Å²) in [7, 11) is 1.93. The van der Waals surface area contributed by atoms with Gasteiger partial charge in [0, 0.05) is 19.5 Å². The zero-order chi connectivity index (χ0) is 7.11. The molecule has 9 heavy (non-hydrogen) atoms. The van der Waals surface area contributed by atoms with Gasteiger partial charge in [-0.3, -0.25) is 4.99 Å². The lowest BCUT2D eigenvalue weighted by atomic mass is 10.6. The normalized spacial score (nSPS) is 9.44. The fraction of sp³-hybridized carbons (Fsp3) is 0.286. The minimum Gasteiger partial charge on any atom is -0.376 e. The second-order valence-electron chi connectivity index (χ2n) is 1.64. The monoisotopic (exact) mass is 124 g/mol. The van der Waals surface area contributed by atoms with Gasteiger partial charge >= 0.3 is 0 Å². The van der Waals surface area contributed by atoms with Crippen molar-refractivity contribution < 1.29 is 0 Å². The third-order valence-corrected chi connectivity index (χ3v) is 0.892. The molecule has 2 nitrogen and oxygen atoms in total. The van der Waals surface area contributed by atoms with Gasteiger partial charge in [-0.15, -0.1) is 0 Å². The molecule has 0 aromatic carbocycles. The highest BCUT2D eigenvalue weighted by Crippen LogP contribution is 1.76. The Kier molecular flexibility index (Phi) is 4.50. The molecule has 0 N–H and O–H groups in total. The van der Waals surface area contributed by atoms with Crippen LogP contribution in [0.5, 0.6) is 0 Å². The second-order valence-corrected chi connectivity index (χ2v) is 1.64. The van der Waals surface area contributed by atoms with E-state index in [1.165, 1.54) is 6.20 Å². The van der Waals surface area contributed by atoms with Gasteiger partial charge in [0.15, 0.2) is 0 Å². The number of rotatable bonds is 4. The molecule has 0 saturated heterocycles. The first-order chi connectivity index (χ1) is 4.31. The molecule has 0 radical (unpaired) electrons. The molecule has 0 bridgehead atoms. The van der Waals surface area contributed by atoms with E-state index in [-0.39, 0.29) is 0 Å². The summed E-state index contributed by atoms with van der Waals surface area (Å²) < 4.78 is 0. The summed E-state index contributed by atoms with van der Waals surface area (Å²) in [4.78, 5) is 5.73. The Hall–Kier alpha value is -1.05. The predicted octanol–water partition coefficient (Wildman–Crippen LogP) is 1.28. The van der Waals surface area contributed by atoms with Gasteiger partial charge < -0.3 is 4.90 Å². The number of nitrogens with zero attached hydrogens (tertiary/aromatic N) is 2. The van der Waals surface area contributed by atoms with Crippen LogP contribution in [0, 0.1) is 0 Å². The molecule has 0 amide bonds. The lowest BCUT2D eigenvalue weighted by Crippen LogP contribution is -2.11. The van der Waals surface area contributed by atoms with Crippen LogP contribution in [0.3, 0.4) is 0 Å². The van der Waals surface area contributed by atoms with E-state index >= 15 is 0 Å². The first-order valence-electron chi connectivity index (χ1n) is 2.76. The van der Waals surface area contributed by atoms with Gasteiger partial charge in [-0.1, -0.05) is 13.2 Å². The minimum absolute atomic E-state index is 0.787. The first kappa shape index (κ1) is 7.95. The van der Waals surface area contributed by atoms with Gasteiger partial charge in [0.05, 0.1) is 6.54 Å². The van der Waals surface area contributed by atoms with Crippen molar-refractivity contribution in [1.29, 1.82) is 0 Å². The third kappa shape index (κ3) is 4.81. The van der Waals surface area contributed by atoms with Crippen LogP contribution in [-0.4, -0.2) is 24.7 Å². The molecule has 0 spiro atoms. The molecule has 0 fully saturated rings. The van der Waals surface area contributed by atoms with E-state index in [2.05, 4.69) is 18.2 Å². The standard InChI is InChI=1S/C7H12N2/c1-4-8-6-7-9(3)5-2/h4-6H,1-2,7H2,3H3. The quantitative estimate of drug-likeness (QED) is 0.515. The largest absolute Gasteiger partial charge is 0.376 e. The Morgan fingerprint density at radius 3 is 2.67 bits per heavy atom. The van der Waals surface area contributed by atoms with Gasteiger partial charge in [0.2, 0.25) is 0 Å². The van der Waals surface area contributed by atoms with Crippen molar-refractivity contribution in [2.45, 2.75) is 0 Å². The highest BCUT2D eigenvalue weighted by molar-refractivity contribution is 5.60. The molecule has 0 unspecified atom stereocenters. The van der Waals surface area contributed by atoms with Crippen molar-refractivity contribution in [1.82, 2.24) is 4.90 Å². The van der Waals surface area contributed by atoms with E-state index in [0.29, 0.717) is 0 Å². The van der Waals surface area contributed by atoms with E-state index in [1.54, 1.807) is 12.4 Å². The van der Waals surface area contributed by atoms with E-state index in [4.69, 9.17) is 0 Å². The summed E-state index contributed by atoms with van der Waals surface area (Å²) in [5.74, 6) is 0. The molecule has 50 valence electrons. The summed E-state index contributed by atoms with van der Waals surface area (Å²) in [5, 5.41) is 0. The number of hydrogen-bond acceptors (Lipinski definition) is 2. The Morgan fingerprint density at radius 1 is 1.56 bits per heavy atom. The van der Waals surface area contributed by atoms with Crippen LogP contribution in [0.4, 0.5) is 0 Å². The lowest BCUT2D eigenvalue weighted by molar-refractivity contribution is 0.530. The Morgan fingerprint density at radius 2 is 2.22 bits per heavy atom. The van der Waals surface area contributed by atoms with Gasteiger partial charge in [0.1, 0.15) is 0 Å². The summed E-state index contributed by atoms with van der Waals surface area (Å²) in [6, 6.07) is 0. The van der Waals surface area contributed by atoms with Crippen LogP contribution in [0.2, 0.25) is 0 Å². The highest BCUT2D eigenvalue weighted by atomic mass is 15.1. The molecule has 0 rings (SSSR count). The average molecular weight is 124 g/mol. The third-order valence-electron chi connectivity index (χ3n) is 0.892. The van der Waals surface area contributed by atoms with Crippen molar-refractivity contribution >= 4 is 6.21 Å². The highest BCUT2D eigenvalue weighted by Gasteiger charge is 1.80. The maximum absolute atomic E-state index is 3.81. The summed E-state index contributed by atoms with van der Waals surface area (Å²) in [5.41, 5.74) is 0. The molecule has 0 aromatic heterocycles. The predicted molar refractivity (Wildman–Crippen MR) is 41.5 cm³/mol. The van der Waals surface area contributed by atoms with Crippen molar-refractivity contribution in [3.63, 3.8) is 0 Å². The van der Waals surface area contributed by atoms with Crippen LogP contribution in [0.1, 0.15) is 0 Å². The van der Waals surface area contributed by atoms with Crippen LogP contribution < -0.4 is 0 Å². The molecule has 2 heteroatoms. The van der Waals surface area contributed by atoms with Gasteiger partial charge in [-0.2, -0.15) is 0 Å². The van der Waals surface area contributed by atoms with Gasteiger partial charge in [-0.25, -0.2) is 0 Å². The zero-order valence-corrected chi connectivity index (χ0v) is 5.75. The fourth-order valence-corrected chi connectivity index (χ4v) is 0.325. The molecule has 0 atom stereocenters. The SMILES string of the molecule is C=CN=CCN(C)C=C. The van der Waals surface area contributed by atoms with E-state index in [0.717, 1.165) is 6.54 Å². The second kappa shape index (κ2) is 5.09. The molecule has 0 aromatic rings. The van der Waals surface area contributed by atoms with E-state index in [1.807, 2.05) is 11.9 Å². The maximum atomic E-state index is 3.81. The number of hydrogen-bond donors (Lipinski definition) is 0. The van der Waals surface area contributed by atoms with Gasteiger partial charge in [0.25, 0.3) is 0 Å². The van der Waals surface area contributed by atoms with Crippen molar-refractivity contribution in [3.05, 3.63) is 25.6 Å². The number of aliphatic imine (C=N–C) groups is 1. The molecule has 0 aliphatic carbocycles. The maximum Gasteiger partial charge on any atom is 0.0523 e. The zero-order valence-electron chi connectivity index (χ0n) is 5.75. The molecular weight excluding hydrogens is 112 g/mol. The van der Waals surface area contributed by atoms with Crippen LogP contribution >= 0.6 is 0 Å². The minimum atomic E-state index is 0.787. The fourth-order valence-electron chi connectivity index (χ4n) is 0.325. The summed E-state index contributed by atoms with van der Waals surface area (Å²) >= 11 is 0.